The molecule has 1 rings (SSSR count). The molecule has 0 unspecified atom stereocenters. The molecule has 0 spiro atoms. The van der Waals surface area contributed by atoms with Crippen molar-refractivity contribution < 1.29 is 14.7 Å². The summed E-state index contributed by atoms with van der Waals surface area (Å²) in [5, 5.41) is 11.3. The van der Waals surface area contributed by atoms with Crippen LogP contribution in [0.1, 0.15) is 10.4 Å². The van der Waals surface area contributed by atoms with Crippen molar-refractivity contribution in [3.63, 3.8) is 0 Å². The van der Waals surface area contributed by atoms with Crippen LogP contribution in [0.15, 0.2) is 27.8 Å². The number of oxime groups is 1. The Labute approximate surface area is 113 Å². The first-order valence-electron chi connectivity index (χ1n) is 5.05. The molecule has 6 nitrogen and oxygen atoms in total. The lowest BCUT2D eigenvalue weighted by Gasteiger charge is -2.16. The fraction of sp³-hybridized carbons (Fsp3) is 0.273. The molecule has 0 saturated carbocycles. The number of carbonyl (C=O) groups is 1. The van der Waals surface area contributed by atoms with Crippen molar-refractivity contribution in [2.75, 3.05) is 20.7 Å². The maximum Gasteiger partial charge on any atom is 0.254 e. The lowest BCUT2D eigenvalue weighted by Crippen LogP contribution is -2.35. The second-order valence-corrected chi connectivity index (χ2v) is 4.46. The fourth-order valence-corrected chi connectivity index (χ4v) is 1.91. The van der Waals surface area contributed by atoms with Gasteiger partial charge < -0.3 is 20.6 Å². The van der Waals surface area contributed by atoms with Crippen molar-refractivity contribution in [3.05, 3.63) is 28.2 Å². The van der Waals surface area contributed by atoms with Crippen molar-refractivity contribution >= 4 is 27.7 Å². The summed E-state index contributed by atoms with van der Waals surface area (Å²) >= 11 is 3.31. The summed E-state index contributed by atoms with van der Waals surface area (Å²) in [6.07, 6.45) is 0. The molecule has 0 aliphatic carbocycles. The van der Waals surface area contributed by atoms with E-state index in [0.717, 1.165) is 0 Å². The number of hydrogen-bond donors (Lipinski definition) is 2. The molecule has 0 aliphatic rings. The molecule has 98 valence electrons. The van der Waals surface area contributed by atoms with Crippen molar-refractivity contribution in [1.82, 2.24) is 4.90 Å². The van der Waals surface area contributed by atoms with Crippen LogP contribution in [0.5, 0.6) is 5.75 Å². The molecule has 0 bridgehead atoms. The number of amides is 1. The first-order valence-corrected chi connectivity index (χ1v) is 5.84. The molecule has 0 heterocycles. The number of nitrogens with two attached hydrogens (primary N) is 1. The van der Waals surface area contributed by atoms with Crippen LogP contribution in [0.4, 0.5) is 0 Å². The Morgan fingerprint density at radius 3 is 2.78 bits per heavy atom. The molecule has 1 amide bonds. The third kappa shape index (κ3) is 3.36. The van der Waals surface area contributed by atoms with Gasteiger partial charge in [-0.3, -0.25) is 4.79 Å². The van der Waals surface area contributed by atoms with Crippen LogP contribution in [0.2, 0.25) is 0 Å². The summed E-state index contributed by atoms with van der Waals surface area (Å²) in [6.45, 7) is 0.0545. The third-order valence-corrected chi connectivity index (χ3v) is 2.89. The second-order valence-electron chi connectivity index (χ2n) is 3.60. The summed E-state index contributed by atoms with van der Waals surface area (Å²) in [5.74, 6) is 0.383. The van der Waals surface area contributed by atoms with E-state index < -0.39 is 0 Å². The third-order valence-electron chi connectivity index (χ3n) is 2.27. The van der Waals surface area contributed by atoms with E-state index in [9.17, 15) is 4.79 Å². The molecule has 0 radical (unpaired) electrons. The van der Waals surface area contributed by atoms with Crippen molar-refractivity contribution in [3.8, 4) is 5.75 Å². The maximum atomic E-state index is 12.0. The molecule has 0 aromatic heterocycles. The van der Waals surface area contributed by atoms with Gasteiger partial charge in [0.1, 0.15) is 5.75 Å². The number of rotatable bonds is 4. The zero-order valence-corrected chi connectivity index (χ0v) is 11.6. The van der Waals surface area contributed by atoms with Gasteiger partial charge in [0.05, 0.1) is 18.1 Å². The molecule has 7 heteroatoms. The van der Waals surface area contributed by atoms with E-state index in [-0.39, 0.29) is 18.3 Å². The first-order chi connectivity index (χ1) is 8.49. The van der Waals surface area contributed by atoms with Crippen molar-refractivity contribution in [1.29, 1.82) is 0 Å². The van der Waals surface area contributed by atoms with Gasteiger partial charge in [-0.15, -0.1) is 0 Å². The summed E-state index contributed by atoms with van der Waals surface area (Å²) in [5.41, 5.74) is 5.82. The average molecular weight is 316 g/mol. The number of hydrogen-bond acceptors (Lipinski definition) is 4. The zero-order chi connectivity index (χ0) is 13.7. The van der Waals surface area contributed by atoms with E-state index in [1.165, 1.54) is 4.90 Å². The van der Waals surface area contributed by atoms with Gasteiger partial charge in [0.2, 0.25) is 0 Å². The van der Waals surface area contributed by atoms with E-state index in [1.54, 1.807) is 32.4 Å². The Morgan fingerprint density at radius 1 is 1.61 bits per heavy atom. The van der Waals surface area contributed by atoms with E-state index in [2.05, 4.69) is 21.1 Å². The van der Waals surface area contributed by atoms with Gasteiger partial charge in [0.25, 0.3) is 5.91 Å². The molecule has 3 N–H and O–H groups in total. The number of benzene rings is 1. The van der Waals surface area contributed by atoms with Gasteiger partial charge in [-0.25, -0.2) is 0 Å². The highest BCUT2D eigenvalue weighted by molar-refractivity contribution is 9.10. The second kappa shape index (κ2) is 6.25. The van der Waals surface area contributed by atoms with Gasteiger partial charge in [-0.2, -0.15) is 0 Å². The van der Waals surface area contributed by atoms with Crippen LogP contribution in [-0.4, -0.2) is 42.6 Å². The number of amidine groups is 1. The lowest BCUT2D eigenvalue weighted by molar-refractivity contribution is 0.0813. The Balaban J connectivity index is 2.87. The molecule has 0 saturated heterocycles. The topological polar surface area (TPSA) is 88.2 Å². The standard InChI is InChI=1S/C11H14BrN3O3/c1-15(6-10(13)14-17)11(16)7-3-4-9(18-2)8(12)5-7/h3-5,17H,6H2,1-2H3,(H2,13,14). The van der Waals surface area contributed by atoms with Gasteiger partial charge in [0.15, 0.2) is 5.84 Å². The number of likely N-dealkylation sites (N-methyl/N-ethyl adjacent to an activating group) is 1. The predicted molar refractivity (Wildman–Crippen MR) is 71.1 cm³/mol. The predicted octanol–water partition coefficient (Wildman–Crippen LogP) is 1.28. The summed E-state index contributed by atoms with van der Waals surface area (Å²) < 4.78 is 5.77. The highest BCUT2D eigenvalue weighted by atomic mass is 79.9. The highest BCUT2D eigenvalue weighted by Crippen LogP contribution is 2.25. The summed E-state index contributed by atoms with van der Waals surface area (Å²) in [6, 6.07) is 4.99. The Bertz CT molecular complexity index is 477. The monoisotopic (exact) mass is 315 g/mol. The molecule has 0 atom stereocenters. The van der Waals surface area contributed by atoms with E-state index in [0.29, 0.717) is 15.8 Å². The molecule has 1 aromatic rings. The first kappa shape index (κ1) is 14.3. The van der Waals surface area contributed by atoms with Gasteiger partial charge >= 0.3 is 0 Å². The van der Waals surface area contributed by atoms with Gasteiger partial charge in [0, 0.05) is 12.6 Å². The normalized spacial score (nSPS) is 11.2. The molecular formula is C11H14BrN3O3. The molecular weight excluding hydrogens is 302 g/mol. The molecule has 0 aliphatic heterocycles. The van der Waals surface area contributed by atoms with Crippen LogP contribution < -0.4 is 10.5 Å². The molecule has 18 heavy (non-hydrogen) atoms. The lowest BCUT2D eigenvalue weighted by atomic mass is 10.2. The van der Waals surface area contributed by atoms with Gasteiger partial charge in [-0.1, -0.05) is 5.16 Å². The Hall–Kier alpha value is -1.76. The van der Waals surface area contributed by atoms with Crippen LogP contribution in [0.25, 0.3) is 0 Å². The zero-order valence-electron chi connectivity index (χ0n) is 10.1. The summed E-state index contributed by atoms with van der Waals surface area (Å²) in [4.78, 5) is 13.4. The Kier molecular flexibility index (Phi) is 4.96. The highest BCUT2D eigenvalue weighted by Gasteiger charge is 2.14. The number of ether oxygens (including phenoxy) is 1. The minimum Gasteiger partial charge on any atom is -0.496 e. The fourth-order valence-electron chi connectivity index (χ4n) is 1.37. The van der Waals surface area contributed by atoms with E-state index in [4.69, 9.17) is 15.7 Å². The molecule has 0 fully saturated rings. The van der Waals surface area contributed by atoms with Crippen molar-refractivity contribution in [2.45, 2.75) is 0 Å². The number of carbonyl (C=O) groups excluding carboxylic acids is 1. The van der Waals surface area contributed by atoms with Crippen molar-refractivity contribution in [2.24, 2.45) is 10.9 Å². The largest absolute Gasteiger partial charge is 0.496 e. The quantitative estimate of drug-likeness (QED) is 0.379. The molecule has 1 aromatic carbocycles. The van der Waals surface area contributed by atoms with Crippen LogP contribution in [-0.2, 0) is 0 Å². The van der Waals surface area contributed by atoms with Crippen LogP contribution in [0.3, 0.4) is 0 Å². The SMILES string of the molecule is COc1ccc(C(=O)N(C)CC(N)=NO)cc1Br. The minimum absolute atomic E-state index is 0.0292. The Morgan fingerprint density at radius 2 is 2.28 bits per heavy atom. The minimum atomic E-state index is -0.232. The van der Waals surface area contributed by atoms with Crippen LogP contribution in [0, 0.1) is 0 Å². The smallest absolute Gasteiger partial charge is 0.254 e. The maximum absolute atomic E-state index is 12.0. The van der Waals surface area contributed by atoms with Crippen LogP contribution >= 0.6 is 15.9 Å². The van der Waals surface area contributed by atoms with E-state index in [1.807, 2.05) is 0 Å². The van der Waals surface area contributed by atoms with Gasteiger partial charge in [-0.05, 0) is 34.1 Å². The average Bonchev–Trinajstić information content (AvgIpc) is 2.37. The van der Waals surface area contributed by atoms with E-state index >= 15 is 0 Å². The number of methoxy groups -OCH3 is 1. The number of nitrogens with zero attached hydrogens (tertiary/aromatic N) is 2. The summed E-state index contributed by atoms with van der Waals surface area (Å²) in [7, 11) is 3.12. The number of halogens is 1.